The highest BCUT2D eigenvalue weighted by molar-refractivity contribution is 7.89. The maximum absolute atomic E-state index is 11.6. The molecule has 1 heterocycles. The molecule has 0 amide bonds. The van der Waals surface area contributed by atoms with Crippen LogP contribution in [0.2, 0.25) is 5.02 Å². The number of primary sulfonamides is 1. The lowest BCUT2D eigenvalue weighted by molar-refractivity contribution is 0.430. The number of aryl methyl sites for hydroxylation is 1. The van der Waals surface area contributed by atoms with Gasteiger partial charge in [0, 0.05) is 16.1 Å². The highest BCUT2D eigenvalue weighted by Gasteiger charge is 2.20. The van der Waals surface area contributed by atoms with Crippen molar-refractivity contribution < 1.29 is 13.5 Å². The van der Waals surface area contributed by atoms with Crippen molar-refractivity contribution in [2.24, 2.45) is 15.4 Å². The largest absolute Gasteiger partial charge is 0.493 e. The number of aromatic hydroxyl groups is 1. The fraction of sp³-hybridized carbons (Fsp3) is 0.0741. The molecule has 1 aromatic heterocycles. The number of nitrogens with two attached hydrogens (primary N) is 1. The molecular formula is C27H22ClN5O3S2. The highest BCUT2D eigenvalue weighted by atomic mass is 35.5. The Bertz CT molecular complexity index is 1860. The predicted octanol–water partition coefficient (Wildman–Crippen LogP) is 6.64. The molecule has 5 rings (SSSR count). The standard InChI is InChI=1S/C27H22ClN5O3S2/c1-16-12-19(28)13-23-24(31-32-27(37)30-20-9-5-10-21(14-20)38(29,35)36)26(34)33(25(16)23)15-18-8-4-7-17-6-2-3-11-22(17)18/h2-14,34H,15H2,1H3,(H,30,37)(H2,29,35,36). The number of benzene rings is 4. The van der Waals surface area contributed by atoms with Crippen LogP contribution in [-0.2, 0) is 16.6 Å². The summed E-state index contributed by atoms with van der Waals surface area (Å²) < 4.78 is 25.1. The van der Waals surface area contributed by atoms with Crippen LogP contribution < -0.4 is 10.5 Å². The number of thiocarbonyl (C=S) groups is 1. The molecule has 4 N–H and O–H groups in total. The number of hydrogen-bond donors (Lipinski definition) is 3. The summed E-state index contributed by atoms with van der Waals surface area (Å²) in [4.78, 5) is -0.0680. The van der Waals surface area contributed by atoms with Crippen molar-refractivity contribution in [3.63, 3.8) is 0 Å². The van der Waals surface area contributed by atoms with Gasteiger partial charge in [0.15, 0.2) is 5.69 Å². The monoisotopic (exact) mass is 563 g/mol. The molecule has 192 valence electrons. The van der Waals surface area contributed by atoms with Gasteiger partial charge < -0.3 is 15.0 Å². The number of nitrogens with zero attached hydrogens (tertiary/aromatic N) is 3. The molecule has 0 aliphatic rings. The molecule has 0 aliphatic heterocycles. The number of nitrogens with one attached hydrogen (secondary N) is 1. The zero-order valence-electron chi connectivity index (χ0n) is 20.1. The number of sulfonamides is 1. The molecule has 0 fully saturated rings. The van der Waals surface area contributed by atoms with Gasteiger partial charge in [-0.2, -0.15) is 0 Å². The summed E-state index contributed by atoms with van der Waals surface area (Å²) in [7, 11) is -3.88. The van der Waals surface area contributed by atoms with Crippen LogP contribution in [0.15, 0.2) is 94.0 Å². The lowest BCUT2D eigenvalue weighted by Gasteiger charge is -2.11. The normalized spacial score (nSPS) is 12.0. The smallest absolute Gasteiger partial charge is 0.238 e. The number of azo groups is 1. The van der Waals surface area contributed by atoms with Crippen molar-refractivity contribution in [3.8, 4) is 5.88 Å². The number of halogens is 1. The van der Waals surface area contributed by atoms with E-state index in [0.29, 0.717) is 22.6 Å². The van der Waals surface area contributed by atoms with Crippen molar-refractivity contribution >= 4 is 72.0 Å². The third-order valence-electron chi connectivity index (χ3n) is 6.12. The number of anilines is 1. The van der Waals surface area contributed by atoms with E-state index >= 15 is 0 Å². The van der Waals surface area contributed by atoms with Crippen LogP contribution >= 0.6 is 23.8 Å². The topological polar surface area (TPSA) is 122 Å². The summed E-state index contributed by atoms with van der Waals surface area (Å²) in [5.74, 6) is -0.0823. The summed E-state index contributed by atoms with van der Waals surface area (Å²) in [5, 5.41) is 30.9. The first-order valence-electron chi connectivity index (χ1n) is 11.5. The second-order valence-corrected chi connectivity index (χ2v) is 11.1. The third-order valence-corrected chi connectivity index (χ3v) is 7.43. The molecule has 0 saturated heterocycles. The van der Waals surface area contributed by atoms with E-state index in [2.05, 4.69) is 15.5 Å². The molecule has 0 unspecified atom stereocenters. The van der Waals surface area contributed by atoms with Gasteiger partial charge in [0.05, 0.1) is 17.0 Å². The molecule has 0 radical (unpaired) electrons. The quantitative estimate of drug-likeness (QED) is 0.163. The van der Waals surface area contributed by atoms with E-state index in [1.165, 1.54) is 18.2 Å². The summed E-state index contributed by atoms with van der Waals surface area (Å²) in [6, 6.07) is 23.5. The van der Waals surface area contributed by atoms with Gasteiger partial charge in [0.25, 0.3) is 0 Å². The molecule has 4 aromatic carbocycles. The molecule has 0 aliphatic carbocycles. The first kappa shape index (κ1) is 25.8. The Morgan fingerprint density at radius 2 is 1.79 bits per heavy atom. The van der Waals surface area contributed by atoms with Gasteiger partial charge in [0.2, 0.25) is 21.0 Å². The Balaban J connectivity index is 1.53. The predicted molar refractivity (Wildman–Crippen MR) is 155 cm³/mol. The highest BCUT2D eigenvalue weighted by Crippen LogP contribution is 2.42. The average Bonchev–Trinajstić information content (AvgIpc) is 3.13. The summed E-state index contributed by atoms with van der Waals surface area (Å²) in [6.45, 7) is 2.31. The molecule has 0 saturated carbocycles. The van der Waals surface area contributed by atoms with E-state index in [9.17, 15) is 13.5 Å². The van der Waals surface area contributed by atoms with Crippen LogP contribution in [0, 0.1) is 6.92 Å². The van der Waals surface area contributed by atoms with Crippen molar-refractivity contribution in [2.45, 2.75) is 18.4 Å². The molecule has 0 spiro atoms. The zero-order valence-corrected chi connectivity index (χ0v) is 22.5. The van der Waals surface area contributed by atoms with Crippen LogP contribution in [0.1, 0.15) is 11.1 Å². The molecular weight excluding hydrogens is 542 g/mol. The average molecular weight is 564 g/mol. The molecule has 0 atom stereocenters. The van der Waals surface area contributed by atoms with Crippen LogP contribution in [0.3, 0.4) is 0 Å². The van der Waals surface area contributed by atoms with Gasteiger partial charge in [-0.1, -0.05) is 60.1 Å². The molecule has 0 bridgehead atoms. The van der Waals surface area contributed by atoms with Crippen molar-refractivity contribution in [2.75, 3.05) is 5.32 Å². The van der Waals surface area contributed by atoms with Gasteiger partial charge in [-0.3, -0.25) is 0 Å². The van der Waals surface area contributed by atoms with Crippen LogP contribution in [0.25, 0.3) is 21.7 Å². The van der Waals surface area contributed by atoms with Crippen LogP contribution in [0.4, 0.5) is 11.4 Å². The van der Waals surface area contributed by atoms with Gasteiger partial charge in [0.1, 0.15) is 0 Å². The minimum atomic E-state index is -3.88. The number of fused-ring (bicyclic) bond motifs is 2. The zero-order chi connectivity index (χ0) is 27.0. The van der Waals surface area contributed by atoms with Crippen molar-refractivity contribution in [1.29, 1.82) is 0 Å². The van der Waals surface area contributed by atoms with Gasteiger partial charge in [-0.15, -0.1) is 10.2 Å². The minimum Gasteiger partial charge on any atom is -0.493 e. The van der Waals surface area contributed by atoms with E-state index in [1.54, 1.807) is 16.7 Å². The lowest BCUT2D eigenvalue weighted by Crippen LogP contribution is -2.13. The second-order valence-electron chi connectivity index (χ2n) is 8.72. The summed E-state index contributed by atoms with van der Waals surface area (Å²) in [6.07, 6.45) is 0. The number of hydrogen-bond acceptors (Lipinski definition) is 5. The van der Waals surface area contributed by atoms with E-state index < -0.39 is 10.0 Å². The van der Waals surface area contributed by atoms with Crippen LogP contribution in [0.5, 0.6) is 5.88 Å². The maximum Gasteiger partial charge on any atom is 0.238 e. The van der Waals surface area contributed by atoms with Gasteiger partial charge >= 0.3 is 0 Å². The first-order chi connectivity index (χ1) is 18.1. The number of aromatic nitrogens is 1. The van der Waals surface area contributed by atoms with Gasteiger partial charge in [-0.25, -0.2) is 13.6 Å². The SMILES string of the molecule is Cc1cc(Cl)cc2c(N=NC(=S)Nc3cccc(S(N)(=O)=O)c3)c(O)n(Cc3cccc4ccccc34)c12. The van der Waals surface area contributed by atoms with Crippen molar-refractivity contribution in [1.82, 2.24) is 4.57 Å². The van der Waals surface area contributed by atoms with Crippen LogP contribution in [-0.4, -0.2) is 23.2 Å². The van der Waals surface area contributed by atoms with Gasteiger partial charge in [-0.05, 0) is 71.4 Å². The lowest BCUT2D eigenvalue weighted by atomic mass is 10.0. The Labute approximate surface area is 229 Å². The van der Waals surface area contributed by atoms with E-state index in [-0.39, 0.29) is 21.6 Å². The first-order valence-corrected chi connectivity index (χ1v) is 13.8. The molecule has 11 heteroatoms. The van der Waals surface area contributed by atoms with Crippen molar-refractivity contribution in [3.05, 3.63) is 95.0 Å². The summed E-state index contributed by atoms with van der Waals surface area (Å²) >= 11 is 11.6. The van der Waals surface area contributed by atoms with E-state index in [4.69, 9.17) is 29.0 Å². The minimum absolute atomic E-state index is 0.0373. The Morgan fingerprint density at radius 1 is 1.05 bits per heavy atom. The van der Waals surface area contributed by atoms with E-state index in [0.717, 1.165) is 27.4 Å². The molecule has 38 heavy (non-hydrogen) atoms. The van der Waals surface area contributed by atoms with E-state index in [1.807, 2.05) is 55.5 Å². The Morgan fingerprint density at radius 3 is 2.58 bits per heavy atom. The second kappa shape index (κ2) is 10.1. The maximum atomic E-state index is 11.6. The fourth-order valence-corrected chi connectivity index (χ4v) is 5.47. The molecule has 5 aromatic rings. The Hall–Kier alpha value is -3.83. The Kier molecular flexibility index (Phi) is 6.89. The number of rotatable bonds is 5. The third kappa shape index (κ3) is 5.11. The summed E-state index contributed by atoms with van der Waals surface area (Å²) in [5.41, 5.74) is 3.26. The fourth-order valence-electron chi connectivity index (χ4n) is 4.48. The molecule has 8 nitrogen and oxygen atoms in total.